The molecule has 2 N–H and O–H groups in total. The third kappa shape index (κ3) is 6.75. The van der Waals surface area contributed by atoms with Gasteiger partial charge in [-0.25, -0.2) is 0 Å². The lowest BCUT2D eigenvalue weighted by Crippen LogP contribution is -2.48. The zero-order valence-electron chi connectivity index (χ0n) is 18.3. The second kappa shape index (κ2) is 10.3. The topological polar surface area (TPSA) is 98.7 Å². The van der Waals surface area contributed by atoms with Gasteiger partial charge in [-0.3, -0.25) is 14.9 Å². The number of hydrogen-bond donors (Lipinski definition) is 1. The standard InChI is InChI=1S/C23H29N3O4S/c1-16(18-11-13-19(14-12-18)26(28)29)25(22(24)31)20(30-21(27)23(2,3)4)15-10-17-8-6-5-7-9-17/h5-9,11-14,16,20H,10,15H2,1-4H3,(H2,24,31)/t16-,20?/m0/s1. The van der Waals surface area contributed by atoms with E-state index in [1.54, 1.807) is 37.8 Å². The van der Waals surface area contributed by atoms with Gasteiger partial charge in [-0.2, -0.15) is 0 Å². The number of hydrogen-bond acceptors (Lipinski definition) is 5. The van der Waals surface area contributed by atoms with Crippen LogP contribution in [0.15, 0.2) is 54.6 Å². The molecule has 2 rings (SSSR count). The summed E-state index contributed by atoms with van der Waals surface area (Å²) in [6, 6.07) is 15.7. The van der Waals surface area contributed by atoms with Crippen molar-refractivity contribution in [1.82, 2.24) is 4.90 Å². The highest BCUT2D eigenvalue weighted by Gasteiger charge is 2.32. The van der Waals surface area contributed by atoms with E-state index in [0.717, 1.165) is 11.1 Å². The quantitative estimate of drug-likeness (QED) is 0.207. The number of benzene rings is 2. The second-order valence-corrected chi connectivity index (χ2v) is 8.82. The van der Waals surface area contributed by atoms with Crippen LogP contribution in [-0.2, 0) is 16.0 Å². The van der Waals surface area contributed by atoms with Crippen molar-refractivity contribution in [2.75, 3.05) is 0 Å². The van der Waals surface area contributed by atoms with E-state index in [9.17, 15) is 14.9 Å². The molecular formula is C23H29N3O4S. The Kier molecular flexibility index (Phi) is 8.10. The first kappa shape index (κ1) is 24.3. The molecule has 7 nitrogen and oxygen atoms in total. The summed E-state index contributed by atoms with van der Waals surface area (Å²) in [6.07, 6.45) is 0.463. The molecule has 1 unspecified atom stereocenters. The fourth-order valence-electron chi connectivity index (χ4n) is 3.11. The van der Waals surface area contributed by atoms with Gasteiger partial charge in [0.2, 0.25) is 0 Å². The molecule has 31 heavy (non-hydrogen) atoms. The monoisotopic (exact) mass is 443 g/mol. The molecular weight excluding hydrogens is 414 g/mol. The molecule has 0 heterocycles. The van der Waals surface area contributed by atoms with Crippen LogP contribution in [0.1, 0.15) is 51.3 Å². The summed E-state index contributed by atoms with van der Waals surface area (Å²) in [7, 11) is 0. The van der Waals surface area contributed by atoms with E-state index in [4.69, 9.17) is 22.7 Å². The molecule has 0 saturated carbocycles. The minimum absolute atomic E-state index is 0.00221. The Bertz CT molecular complexity index is 911. The van der Waals surface area contributed by atoms with Crippen LogP contribution < -0.4 is 5.73 Å². The van der Waals surface area contributed by atoms with E-state index in [2.05, 4.69) is 0 Å². The largest absolute Gasteiger partial charge is 0.441 e. The van der Waals surface area contributed by atoms with E-state index in [0.29, 0.717) is 12.8 Å². The molecule has 0 radical (unpaired) electrons. The number of esters is 1. The number of carbonyl (C=O) groups is 1. The maximum absolute atomic E-state index is 12.7. The zero-order chi connectivity index (χ0) is 23.2. The Labute approximate surface area is 188 Å². The first-order chi connectivity index (χ1) is 14.5. The molecule has 166 valence electrons. The van der Waals surface area contributed by atoms with Gasteiger partial charge >= 0.3 is 5.97 Å². The van der Waals surface area contributed by atoms with Gasteiger partial charge in [0.25, 0.3) is 5.69 Å². The molecule has 0 fully saturated rings. The zero-order valence-corrected chi connectivity index (χ0v) is 19.1. The van der Waals surface area contributed by atoms with Crippen LogP contribution in [-0.4, -0.2) is 27.1 Å². The minimum atomic E-state index is -0.691. The van der Waals surface area contributed by atoms with Crippen LogP contribution in [0.4, 0.5) is 5.69 Å². The molecule has 0 saturated heterocycles. The smallest absolute Gasteiger partial charge is 0.313 e. The molecule has 0 bridgehead atoms. The number of nitrogens with zero attached hydrogens (tertiary/aromatic N) is 2. The van der Waals surface area contributed by atoms with Crippen LogP contribution in [0.3, 0.4) is 0 Å². The van der Waals surface area contributed by atoms with Gasteiger partial charge in [0.15, 0.2) is 11.3 Å². The SMILES string of the molecule is C[C@@H](c1ccc([N+](=O)[O-])cc1)N(C(N)=S)C(CCc1ccccc1)OC(=O)C(C)(C)C. The number of nitro groups is 1. The first-order valence-electron chi connectivity index (χ1n) is 10.1. The highest BCUT2D eigenvalue weighted by molar-refractivity contribution is 7.80. The minimum Gasteiger partial charge on any atom is -0.441 e. The summed E-state index contributed by atoms with van der Waals surface area (Å²) in [5.41, 5.74) is 7.25. The molecule has 0 spiro atoms. The summed E-state index contributed by atoms with van der Waals surface area (Å²) in [5.74, 6) is -0.359. The number of nitro benzene ring substituents is 1. The first-order valence-corrected chi connectivity index (χ1v) is 10.5. The van der Waals surface area contributed by atoms with Crippen molar-refractivity contribution < 1.29 is 14.5 Å². The van der Waals surface area contributed by atoms with Gasteiger partial charge in [0.1, 0.15) is 0 Å². The maximum Gasteiger partial charge on any atom is 0.313 e. The Hall–Kier alpha value is -3.00. The van der Waals surface area contributed by atoms with Crippen molar-refractivity contribution in [1.29, 1.82) is 0 Å². The van der Waals surface area contributed by atoms with Gasteiger partial charge in [-0.05, 0) is 57.5 Å². The number of rotatable bonds is 8. The molecule has 0 aromatic heterocycles. The van der Waals surface area contributed by atoms with Crippen molar-refractivity contribution >= 4 is 29.0 Å². The molecule has 0 amide bonds. The van der Waals surface area contributed by atoms with Gasteiger partial charge in [0, 0.05) is 18.6 Å². The Morgan fingerprint density at radius 2 is 1.74 bits per heavy atom. The molecule has 0 aliphatic rings. The van der Waals surface area contributed by atoms with Crippen molar-refractivity contribution in [2.45, 2.75) is 52.8 Å². The van der Waals surface area contributed by atoms with Crippen LogP contribution in [0.2, 0.25) is 0 Å². The summed E-state index contributed by atoms with van der Waals surface area (Å²) in [5, 5.41) is 11.1. The van der Waals surface area contributed by atoms with Crippen molar-refractivity contribution in [3.63, 3.8) is 0 Å². The third-order valence-electron chi connectivity index (χ3n) is 4.95. The van der Waals surface area contributed by atoms with Gasteiger partial charge in [-0.15, -0.1) is 0 Å². The Balaban J connectivity index is 2.33. The Morgan fingerprint density at radius 3 is 2.23 bits per heavy atom. The van der Waals surface area contributed by atoms with E-state index < -0.39 is 16.6 Å². The average Bonchev–Trinajstić information content (AvgIpc) is 2.71. The van der Waals surface area contributed by atoms with Crippen molar-refractivity contribution in [3.05, 3.63) is 75.8 Å². The molecule has 2 atom stereocenters. The molecule has 8 heteroatoms. The van der Waals surface area contributed by atoms with Crippen LogP contribution >= 0.6 is 12.2 Å². The fourth-order valence-corrected chi connectivity index (χ4v) is 3.38. The van der Waals surface area contributed by atoms with E-state index in [1.165, 1.54) is 12.1 Å². The number of nitrogens with two attached hydrogens (primary N) is 1. The molecule has 0 aliphatic heterocycles. The highest BCUT2D eigenvalue weighted by atomic mass is 32.1. The van der Waals surface area contributed by atoms with E-state index >= 15 is 0 Å². The number of non-ortho nitro benzene ring substituents is 1. The van der Waals surface area contributed by atoms with Crippen LogP contribution in [0.5, 0.6) is 0 Å². The van der Waals surface area contributed by atoms with Crippen LogP contribution in [0, 0.1) is 15.5 Å². The van der Waals surface area contributed by atoms with Gasteiger partial charge in [-0.1, -0.05) is 42.5 Å². The van der Waals surface area contributed by atoms with Gasteiger partial charge < -0.3 is 15.4 Å². The predicted molar refractivity (Wildman–Crippen MR) is 124 cm³/mol. The van der Waals surface area contributed by atoms with Gasteiger partial charge in [0.05, 0.1) is 16.4 Å². The highest BCUT2D eigenvalue weighted by Crippen LogP contribution is 2.28. The average molecular weight is 444 g/mol. The lowest BCUT2D eigenvalue weighted by Gasteiger charge is -2.37. The second-order valence-electron chi connectivity index (χ2n) is 8.40. The Morgan fingerprint density at radius 1 is 1.16 bits per heavy atom. The molecule has 2 aromatic rings. The van der Waals surface area contributed by atoms with E-state index in [-0.39, 0.29) is 22.8 Å². The lowest BCUT2D eigenvalue weighted by atomic mass is 9.97. The number of aryl methyl sites for hydroxylation is 1. The van der Waals surface area contributed by atoms with Crippen LogP contribution in [0.25, 0.3) is 0 Å². The normalized spacial score (nSPS) is 13.2. The molecule has 2 aromatic carbocycles. The van der Waals surface area contributed by atoms with E-state index in [1.807, 2.05) is 37.3 Å². The third-order valence-corrected chi connectivity index (χ3v) is 5.16. The lowest BCUT2D eigenvalue weighted by molar-refractivity contribution is -0.384. The number of ether oxygens (including phenoxy) is 1. The maximum atomic E-state index is 12.7. The summed E-state index contributed by atoms with van der Waals surface area (Å²) >= 11 is 5.32. The summed E-state index contributed by atoms with van der Waals surface area (Å²) in [4.78, 5) is 24.9. The molecule has 0 aliphatic carbocycles. The summed E-state index contributed by atoms with van der Waals surface area (Å²) < 4.78 is 5.88. The number of carbonyl (C=O) groups excluding carboxylic acids is 1. The summed E-state index contributed by atoms with van der Waals surface area (Å²) in [6.45, 7) is 7.23. The number of thiocarbonyl (C=S) groups is 1. The fraction of sp³-hybridized carbons (Fsp3) is 0.391. The van der Waals surface area contributed by atoms with Crippen molar-refractivity contribution in [3.8, 4) is 0 Å². The predicted octanol–water partition coefficient (Wildman–Crippen LogP) is 4.75. The van der Waals surface area contributed by atoms with Crippen molar-refractivity contribution in [2.24, 2.45) is 11.1 Å².